The molecule has 0 atom stereocenters. The number of para-hydroxylation sites is 1. The molecule has 0 amide bonds. The summed E-state index contributed by atoms with van der Waals surface area (Å²) in [5.74, 6) is 6.26. The predicted octanol–water partition coefficient (Wildman–Crippen LogP) is 3.57. The molecule has 0 spiro atoms. The number of hydrazone groups is 1. The van der Waals surface area contributed by atoms with Gasteiger partial charge in [0.1, 0.15) is 11.8 Å². The van der Waals surface area contributed by atoms with Gasteiger partial charge in [-0.3, -0.25) is 4.99 Å². The number of nitriles is 1. The second-order valence-corrected chi connectivity index (χ2v) is 7.30. The largest absolute Gasteiger partial charge is 0.382 e. The highest BCUT2D eigenvalue weighted by Crippen LogP contribution is 2.23. The minimum atomic E-state index is 0.153. The topological polar surface area (TPSA) is 130 Å². The maximum absolute atomic E-state index is 9.09. The summed E-state index contributed by atoms with van der Waals surface area (Å²) in [7, 11) is 0. The number of nitrogens with two attached hydrogens (primary N) is 1. The molecule has 4 rings (SSSR count). The van der Waals surface area contributed by atoms with Gasteiger partial charge in [-0.1, -0.05) is 18.2 Å². The fourth-order valence-corrected chi connectivity index (χ4v) is 3.17. The molecule has 0 saturated heterocycles. The van der Waals surface area contributed by atoms with E-state index in [9.17, 15) is 0 Å². The van der Waals surface area contributed by atoms with Crippen molar-refractivity contribution in [1.29, 1.82) is 5.26 Å². The van der Waals surface area contributed by atoms with E-state index in [4.69, 9.17) is 11.1 Å². The Kier molecular flexibility index (Phi) is 5.85. The highest BCUT2D eigenvalue weighted by atomic mass is 15.3. The van der Waals surface area contributed by atoms with Gasteiger partial charge in [-0.05, 0) is 32.0 Å². The van der Waals surface area contributed by atoms with Crippen molar-refractivity contribution in [3.05, 3.63) is 72.2 Å². The quantitative estimate of drug-likeness (QED) is 0.277. The zero-order valence-corrected chi connectivity index (χ0v) is 17.6. The molecule has 0 aliphatic carbocycles. The first-order chi connectivity index (χ1) is 15.6. The molecular weight excluding hydrogens is 402 g/mol. The van der Waals surface area contributed by atoms with Crippen LogP contribution in [0.3, 0.4) is 0 Å². The Morgan fingerprint density at radius 1 is 1.16 bits per heavy atom. The van der Waals surface area contributed by atoms with Crippen LogP contribution in [-0.4, -0.2) is 37.7 Å². The first-order valence-corrected chi connectivity index (χ1v) is 9.97. The minimum Gasteiger partial charge on any atom is -0.382 e. The molecule has 0 aliphatic heterocycles. The van der Waals surface area contributed by atoms with Crippen LogP contribution in [0.5, 0.6) is 0 Å². The summed E-state index contributed by atoms with van der Waals surface area (Å²) in [6, 6.07) is 15.4. The molecule has 158 valence electrons. The Bertz CT molecular complexity index is 1350. The molecule has 0 unspecified atom stereocenters. The van der Waals surface area contributed by atoms with Gasteiger partial charge < -0.3 is 11.2 Å². The number of rotatable bonds is 6. The lowest BCUT2D eigenvalue weighted by Gasteiger charge is -2.15. The van der Waals surface area contributed by atoms with Gasteiger partial charge in [0.05, 0.1) is 23.7 Å². The molecule has 0 fully saturated rings. The van der Waals surface area contributed by atoms with Gasteiger partial charge in [0.2, 0.25) is 0 Å². The molecule has 0 bridgehead atoms. The zero-order valence-electron chi connectivity index (χ0n) is 17.6. The smallest absolute Gasteiger partial charge is 0.164 e. The van der Waals surface area contributed by atoms with Crippen LogP contribution in [0, 0.1) is 11.3 Å². The first-order valence-electron chi connectivity index (χ1n) is 9.97. The molecule has 3 N–H and O–H groups in total. The van der Waals surface area contributed by atoms with Gasteiger partial charge in [0, 0.05) is 41.1 Å². The van der Waals surface area contributed by atoms with E-state index in [0.29, 0.717) is 28.3 Å². The summed E-state index contributed by atoms with van der Waals surface area (Å²) in [4.78, 5) is 13.4. The summed E-state index contributed by atoms with van der Waals surface area (Å²) >= 11 is 0. The average molecular weight is 423 g/mol. The first kappa shape index (κ1) is 20.7. The molecule has 3 heterocycles. The maximum Gasteiger partial charge on any atom is 0.164 e. The number of nitrogens with zero attached hydrogens (tertiary/aromatic N) is 7. The summed E-state index contributed by atoms with van der Waals surface area (Å²) in [6.07, 6.45) is 6.47. The number of hydrogen-bond acceptors (Lipinski definition) is 8. The Hall–Kier alpha value is -4.58. The minimum absolute atomic E-state index is 0.153. The molecule has 0 saturated carbocycles. The van der Waals surface area contributed by atoms with E-state index in [1.807, 2.05) is 50.2 Å². The van der Waals surface area contributed by atoms with E-state index in [1.165, 1.54) is 6.20 Å². The Balaban J connectivity index is 1.75. The van der Waals surface area contributed by atoms with E-state index in [-0.39, 0.29) is 6.04 Å². The summed E-state index contributed by atoms with van der Waals surface area (Å²) in [6.45, 7) is 4.07. The summed E-state index contributed by atoms with van der Waals surface area (Å²) in [5, 5.41) is 21.6. The molecule has 0 aliphatic rings. The Morgan fingerprint density at radius 3 is 2.69 bits per heavy atom. The number of benzene rings is 1. The monoisotopic (exact) mass is 423 g/mol. The SMILES string of the molecule is CC(C)Nc1cc(-n2ncc3cc(C#N)cnc32)ncc1C(C=Nc1ccccc1)=NN. The average Bonchev–Trinajstić information content (AvgIpc) is 3.23. The Labute approximate surface area is 185 Å². The van der Waals surface area contributed by atoms with Crippen molar-refractivity contribution in [2.45, 2.75) is 19.9 Å². The number of fused-ring (bicyclic) bond motifs is 1. The van der Waals surface area contributed by atoms with E-state index >= 15 is 0 Å². The lowest BCUT2D eigenvalue weighted by molar-refractivity contribution is 0.857. The molecule has 9 heteroatoms. The summed E-state index contributed by atoms with van der Waals surface area (Å²) in [5.41, 5.74) is 3.86. The van der Waals surface area contributed by atoms with Gasteiger partial charge in [0.25, 0.3) is 0 Å². The van der Waals surface area contributed by atoms with Crippen molar-refractivity contribution in [3.63, 3.8) is 0 Å². The second kappa shape index (κ2) is 9.06. The molecule has 3 aromatic heterocycles. The van der Waals surface area contributed by atoms with E-state index in [2.05, 4.69) is 36.5 Å². The van der Waals surface area contributed by atoms with E-state index in [0.717, 1.165) is 16.8 Å². The number of nitrogens with one attached hydrogen (secondary N) is 1. The number of hydrogen-bond donors (Lipinski definition) is 2. The second-order valence-electron chi connectivity index (χ2n) is 7.30. The van der Waals surface area contributed by atoms with Crippen molar-refractivity contribution < 1.29 is 0 Å². The van der Waals surface area contributed by atoms with Crippen LogP contribution in [0.15, 0.2) is 71.1 Å². The lowest BCUT2D eigenvalue weighted by Crippen LogP contribution is -2.17. The standard InChI is InChI=1S/C23H21N9/c1-15(2)30-20-9-22(32-23-17(12-29-32)8-16(10-24)11-28-23)27-13-19(20)21(31-25)14-26-18-6-4-3-5-7-18/h3-9,11-15H,25H2,1-2H3,(H,27,30). The van der Waals surface area contributed by atoms with Crippen molar-refractivity contribution in [1.82, 2.24) is 19.7 Å². The van der Waals surface area contributed by atoms with Gasteiger partial charge >= 0.3 is 0 Å². The molecule has 9 nitrogen and oxygen atoms in total. The highest BCUT2D eigenvalue weighted by Gasteiger charge is 2.15. The fraction of sp³-hybridized carbons (Fsp3) is 0.130. The van der Waals surface area contributed by atoms with Crippen LogP contribution in [0.2, 0.25) is 0 Å². The highest BCUT2D eigenvalue weighted by molar-refractivity contribution is 6.39. The molecule has 0 radical (unpaired) electrons. The Morgan fingerprint density at radius 2 is 1.97 bits per heavy atom. The van der Waals surface area contributed by atoms with Crippen LogP contribution in [0.25, 0.3) is 16.9 Å². The number of anilines is 1. The van der Waals surface area contributed by atoms with E-state index in [1.54, 1.807) is 29.4 Å². The zero-order chi connectivity index (χ0) is 22.5. The number of aromatic nitrogens is 4. The maximum atomic E-state index is 9.09. The molecular formula is C23H21N9. The van der Waals surface area contributed by atoms with Crippen LogP contribution < -0.4 is 11.2 Å². The normalized spacial score (nSPS) is 11.9. The van der Waals surface area contributed by atoms with Crippen molar-refractivity contribution >= 4 is 34.3 Å². The van der Waals surface area contributed by atoms with Crippen LogP contribution in [0.4, 0.5) is 11.4 Å². The van der Waals surface area contributed by atoms with Crippen molar-refractivity contribution in [2.24, 2.45) is 15.9 Å². The van der Waals surface area contributed by atoms with Gasteiger partial charge in [-0.15, -0.1) is 0 Å². The third-order valence-corrected chi connectivity index (χ3v) is 4.59. The van der Waals surface area contributed by atoms with Crippen LogP contribution in [-0.2, 0) is 0 Å². The molecule has 32 heavy (non-hydrogen) atoms. The van der Waals surface area contributed by atoms with Crippen molar-refractivity contribution in [3.8, 4) is 11.9 Å². The van der Waals surface area contributed by atoms with Gasteiger partial charge in [0.15, 0.2) is 11.5 Å². The van der Waals surface area contributed by atoms with Crippen LogP contribution >= 0.6 is 0 Å². The third-order valence-electron chi connectivity index (χ3n) is 4.59. The third kappa shape index (κ3) is 4.29. The van der Waals surface area contributed by atoms with Crippen molar-refractivity contribution in [2.75, 3.05) is 5.32 Å². The number of pyridine rings is 2. The molecule has 4 aromatic rings. The fourth-order valence-electron chi connectivity index (χ4n) is 3.17. The van der Waals surface area contributed by atoms with Gasteiger partial charge in [-0.25, -0.2) is 9.97 Å². The summed E-state index contributed by atoms with van der Waals surface area (Å²) < 4.78 is 1.63. The predicted molar refractivity (Wildman–Crippen MR) is 125 cm³/mol. The molecule has 1 aromatic carbocycles. The number of aliphatic imine (C=N–C) groups is 1. The van der Waals surface area contributed by atoms with E-state index < -0.39 is 0 Å². The van der Waals surface area contributed by atoms with Gasteiger partial charge in [-0.2, -0.15) is 20.1 Å². The van der Waals surface area contributed by atoms with Crippen LogP contribution in [0.1, 0.15) is 25.0 Å². The lowest BCUT2D eigenvalue weighted by atomic mass is 10.1.